The van der Waals surface area contributed by atoms with Gasteiger partial charge in [-0.1, -0.05) is 88.0 Å². The number of esters is 2. The Bertz CT molecular complexity index is 973. The molecule has 182 valence electrons. The number of carbonyl (C=O) groups is 3. The Morgan fingerprint density at radius 3 is 1.71 bits per heavy atom. The van der Waals surface area contributed by atoms with Crippen LogP contribution < -0.4 is 10.4 Å². The van der Waals surface area contributed by atoms with E-state index in [1.165, 1.54) is 13.8 Å². The van der Waals surface area contributed by atoms with Crippen LogP contribution in [-0.4, -0.2) is 44.4 Å². The van der Waals surface area contributed by atoms with Gasteiger partial charge in [-0.15, -0.1) is 0 Å². The third kappa shape index (κ3) is 5.71. The topological polar surface area (TPSA) is 78.9 Å². The van der Waals surface area contributed by atoms with E-state index in [-0.39, 0.29) is 6.61 Å². The fourth-order valence-electron chi connectivity index (χ4n) is 4.14. The number of hydrogen-bond acceptors (Lipinski definition) is 6. The number of ether oxygens (including phenoxy) is 2. The highest BCUT2D eigenvalue weighted by Crippen LogP contribution is 2.40. The number of rotatable bonds is 10. The lowest BCUT2D eigenvalue weighted by atomic mass is 9.94. The molecule has 2 aromatic rings. The molecular formula is C27H34O6Si. The average molecular weight is 483 g/mol. The van der Waals surface area contributed by atoms with Gasteiger partial charge in [0.1, 0.15) is 6.61 Å². The minimum Gasteiger partial charge on any atom is -0.462 e. The van der Waals surface area contributed by atoms with Gasteiger partial charge in [-0.05, 0) is 28.4 Å². The lowest BCUT2D eigenvalue weighted by Crippen LogP contribution is -2.72. The molecule has 0 unspecified atom stereocenters. The van der Waals surface area contributed by atoms with Crippen molar-refractivity contribution >= 4 is 36.4 Å². The smallest absolute Gasteiger partial charge is 0.303 e. The van der Waals surface area contributed by atoms with Crippen molar-refractivity contribution in [3.05, 3.63) is 73.3 Å². The minimum absolute atomic E-state index is 0.330. The van der Waals surface area contributed by atoms with E-state index in [1.807, 2.05) is 60.7 Å². The summed E-state index contributed by atoms with van der Waals surface area (Å²) in [5.74, 6) is -1.65. The molecule has 2 atom stereocenters. The van der Waals surface area contributed by atoms with Crippen LogP contribution in [0.2, 0.25) is 5.04 Å². The fraction of sp³-hybridized carbons (Fsp3) is 0.370. The highest BCUT2D eigenvalue weighted by atomic mass is 28.4. The second kappa shape index (κ2) is 10.9. The molecule has 2 aromatic carbocycles. The van der Waals surface area contributed by atoms with Gasteiger partial charge in [0.25, 0.3) is 8.32 Å². The molecule has 0 bridgehead atoms. The summed E-state index contributed by atoms with van der Waals surface area (Å²) in [7, 11) is -3.23. The second-order valence-corrected chi connectivity index (χ2v) is 13.6. The number of carbonyl (C=O) groups excluding carboxylic acids is 3. The van der Waals surface area contributed by atoms with Crippen LogP contribution in [-0.2, 0) is 28.3 Å². The van der Waals surface area contributed by atoms with Gasteiger partial charge in [0.15, 0.2) is 17.5 Å². The summed E-state index contributed by atoms with van der Waals surface area (Å²) in [6.45, 7) is 13.6. The SMILES string of the molecule is C=CC(=O)[C@@](C)(O[Si](c1ccccc1)(c1ccccc1)C(C)(C)C)[C@@H](COC(C)=O)OC(C)=O. The molecule has 0 aromatic heterocycles. The molecule has 0 amide bonds. The van der Waals surface area contributed by atoms with Crippen molar-refractivity contribution in [1.82, 2.24) is 0 Å². The van der Waals surface area contributed by atoms with E-state index < -0.39 is 42.8 Å². The van der Waals surface area contributed by atoms with Gasteiger partial charge < -0.3 is 13.9 Å². The Kier molecular flexibility index (Phi) is 8.75. The molecule has 7 heteroatoms. The van der Waals surface area contributed by atoms with Gasteiger partial charge in [-0.2, -0.15) is 0 Å². The highest BCUT2D eigenvalue weighted by molar-refractivity contribution is 6.99. The van der Waals surface area contributed by atoms with Gasteiger partial charge in [-0.3, -0.25) is 14.4 Å². The first kappa shape index (κ1) is 27.2. The Morgan fingerprint density at radius 1 is 0.882 bits per heavy atom. The highest BCUT2D eigenvalue weighted by Gasteiger charge is 2.57. The summed E-state index contributed by atoms with van der Waals surface area (Å²) >= 11 is 0. The Balaban J connectivity index is 2.84. The van der Waals surface area contributed by atoms with E-state index in [0.717, 1.165) is 16.4 Å². The van der Waals surface area contributed by atoms with Crippen LogP contribution in [0.25, 0.3) is 0 Å². The van der Waals surface area contributed by atoms with Gasteiger partial charge in [0, 0.05) is 13.8 Å². The molecule has 0 aliphatic carbocycles. The van der Waals surface area contributed by atoms with Crippen LogP contribution in [0.4, 0.5) is 0 Å². The largest absolute Gasteiger partial charge is 0.462 e. The van der Waals surface area contributed by atoms with Crippen molar-refractivity contribution in [3.63, 3.8) is 0 Å². The summed E-state index contributed by atoms with van der Waals surface area (Å²) in [5, 5.41) is 1.46. The Labute approximate surface area is 203 Å². The summed E-state index contributed by atoms with van der Waals surface area (Å²) in [4.78, 5) is 37.0. The Hall–Kier alpha value is -3.03. The monoisotopic (exact) mass is 482 g/mol. The van der Waals surface area contributed by atoms with Crippen molar-refractivity contribution in [3.8, 4) is 0 Å². The quantitative estimate of drug-likeness (QED) is 0.293. The summed E-state index contributed by atoms with van der Waals surface area (Å²) in [5.41, 5.74) is -1.67. The van der Waals surface area contributed by atoms with E-state index >= 15 is 0 Å². The normalized spacial score (nSPS) is 14.4. The van der Waals surface area contributed by atoms with Crippen LogP contribution in [0.3, 0.4) is 0 Å². The molecule has 0 saturated heterocycles. The molecule has 6 nitrogen and oxygen atoms in total. The average Bonchev–Trinajstić information content (AvgIpc) is 2.79. The predicted octanol–water partition coefficient (Wildman–Crippen LogP) is 3.57. The predicted molar refractivity (Wildman–Crippen MR) is 135 cm³/mol. The summed E-state index contributed by atoms with van der Waals surface area (Å²) < 4.78 is 17.8. The zero-order valence-electron chi connectivity index (χ0n) is 20.8. The second-order valence-electron chi connectivity index (χ2n) is 9.34. The van der Waals surface area contributed by atoms with Gasteiger partial charge in [-0.25, -0.2) is 0 Å². The molecule has 0 heterocycles. The fourth-order valence-corrected chi connectivity index (χ4v) is 8.94. The zero-order valence-corrected chi connectivity index (χ0v) is 21.8. The van der Waals surface area contributed by atoms with Crippen LogP contribution >= 0.6 is 0 Å². The first-order valence-corrected chi connectivity index (χ1v) is 13.1. The van der Waals surface area contributed by atoms with Crippen molar-refractivity contribution in [2.75, 3.05) is 6.61 Å². The van der Waals surface area contributed by atoms with E-state index in [0.29, 0.717) is 0 Å². The molecule has 0 aliphatic heterocycles. The minimum atomic E-state index is -3.23. The molecule has 0 saturated carbocycles. The standard InChI is InChI=1S/C27H34O6Si/c1-8-24(30)27(7,25(32-21(3)29)19-31-20(2)28)33-34(26(4,5)6,22-15-11-9-12-16-22)23-17-13-10-14-18-23/h8-18,25H,1,19H2,2-7H3/t25-,27-/m1/s1. The van der Waals surface area contributed by atoms with Crippen LogP contribution in [0, 0.1) is 0 Å². The lowest BCUT2D eigenvalue weighted by Gasteiger charge is -2.49. The third-order valence-electron chi connectivity index (χ3n) is 5.82. The summed E-state index contributed by atoms with van der Waals surface area (Å²) in [6, 6.07) is 19.6. The van der Waals surface area contributed by atoms with Crippen molar-refractivity contribution < 1.29 is 28.3 Å². The number of benzene rings is 2. The molecule has 0 spiro atoms. The maximum atomic E-state index is 13.4. The maximum absolute atomic E-state index is 13.4. The molecular weight excluding hydrogens is 448 g/mol. The molecule has 0 radical (unpaired) electrons. The molecule has 34 heavy (non-hydrogen) atoms. The Morgan fingerprint density at radius 2 is 1.35 bits per heavy atom. The van der Waals surface area contributed by atoms with Crippen molar-refractivity contribution in [2.45, 2.75) is 58.3 Å². The van der Waals surface area contributed by atoms with E-state index in [4.69, 9.17) is 13.9 Å². The van der Waals surface area contributed by atoms with E-state index in [2.05, 4.69) is 27.4 Å². The lowest BCUT2D eigenvalue weighted by molar-refractivity contribution is -0.174. The molecule has 0 fully saturated rings. The van der Waals surface area contributed by atoms with Crippen molar-refractivity contribution in [1.29, 1.82) is 0 Å². The summed E-state index contributed by atoms with van der Waals surface area (Å²) in [6.07, 6.45) is -0.0248. The number of hydrogen-bond donors (Lipinski definition) is 0. The van der Waals surface area contributed by atoms with E-state index in [1.54, 1.807) is 6.92 Å². The van der Waals surface area contributed by atoms with Crippen LogP contribution in [0.15, 0.2) is 73.3 Å². The van der Waals surface area contributed by atoms with E-state index in [9.17, 15) is 14.4 Å². The van der Waals surface area contributed by atoms with Gasteiger partial charge in [0.2, 0.25) is 0 Å². The zero-order chi connectivity index (χ0) is 25.6. The van der Waals surface area contributed by atoms with Crippen LogP contribution in [0.1, 0.15) is 41.5 Å². The molecule has 2 rings (SSSR count). The molecule has 0 N–H and O–H groups in total. The van der Waals surface area contributed by atoms with Gasteiger partial charge in [0.05, 0.1) is 0 Å². The maximum Gasteiger partial charge on any atom is 0.303 e. The van der Waals surface area contributed by atoms with Gasteiger partial charge >= 0.3 is 11.9 Å². The first-order chi connectivity index (χ1) is 15.9. The third-order valence-corrected chi connectivity index (χ3v) is 11.0. The first-order valence-electron chi connectivity index (χ1n) is 11.2. The van der Waals surface area contributed by atoms with Crippen LogP contribution in [0.5, 0.6) is 0 Å². The number of ketones is 1. The van der Waals surface area contributed by atoms with Crippen molar-refractivity contribution in [2.24, 2.45) is 0 Å². The molecule has 0 aliphatic rings.